The van der Waals surface area contributed by atoms with Crippen molar-refractivity contribution in [2.45, 2.75) is 83.2 Å². The van der Waals surface area contributed by atoms with Gasteiger partial charge < -0.3 is 20.7 Å². The van der Waals surface area contributed by atoms with E-state index < -0.39 is 0 Å². The number of likely N-dealkylation sites (tertiary alicyclic amines) is 2. The van der Waals surface area contributed by atoms with Gasteiger partial charge >= 0.3 is 0 Å². The van der Waals surface area contributed by atoms with Crippen LogP contribution >= 0.6 is 0 Å². The van der Waals surface area contributed by atoms with Crippen molar-refractivity contribution in [1.82, 2.24) is 20.1 Å². The van der Waals surface area contributed by atoms with Gasteiger partial charge in [-0.1, -0.05) is 54.1 Å². The summed E-state index contributed by atoms with van der Waals surface area (Å²) in [5, 5.41) is 3.20. The van der Waals surface area contributed by atoms with Crippen LogP contribution in [0, 0.1) is 6.92 Å². The molecule has 3 fully saturated rings. The molecule has 2 atom stereocenters. The number of nitrogens with one attached hydrogen (secondary N) is 1. The third-order valence-electron chi connectivity index (χ3n) is 9.39. The lowest BCUT2D eigenvalue weighted by Crippen LogP contribution is -2.43. The fourth-order valence-electron chi connectivity index (χ4n) is 6.97. The SMILES string of the molecule is Cc1cccc(CO[C@H]2CCC[C@@H]2NC(=O)c2cc(-c3ccc(CN4CCC(N5CCCC5)CC4)cc3)cnc2N)c1. The van der Waals surface area contributed by atoms with Crippen LogP contribution < -0.4 is 11.1 Å². The number of nitrogens with two attached hydrogens (primary N) is 1. The molecule has 7 heteroatoms. The number of hydrogen-bond donors (Lipinski definition) is 2. The maximum Gasteiger partial charge on any atom is 0.255 e. The molecule has 2 saturated heterocycles. The predicted molar refractivity (Wildman–Crippen MR) is 168 cm³/mol. The van der Waals surface area contributed by atoms with E-state index in [0.29, 0.717) is 12.2 Å². The molecule has 1 aromatic heterocycles. The van der Waals surface area contributed by atoms with Crippen molar-refractivity contribution in [3.05, 3.63) is 83.0 Å². The second-order valence-corrected chi connectivity index (χ2v) is 12.5. The molecule has 2 aliphatic heterocycles. The van der Waals surface area contributed by atoms with Crippen LogP contribution in [0.15, 0.2) is 60.8 Å². The Kier molecular flexibility index (Phi) is 9.18. The molecule has 0 spiro atoms. The zero-order valence-corrected chi connectivity index (χ0v) is 24.9. The average molecular weight is 568 g/mol. The highest BCUT2D eigenvalue weighted by Crippen LogP contribution is 2.27. The van der Waals surface area contributed by atoms with Crippen molar-refractivity contribution in [2.24, 2.45) is 0 Å². The number of benzene rings is 2. The Hall–Kier alpha value is -3.26. The molecule has 6 rings (SSSR count). The smallest absolute Gasteiger partial charge is 0.255 e. The number of piperidine rings is 1. The quantitative estimate of drug-likeness (QED) is 0.352. The van der Waals surface area contributed by atoms with Gasteiger partial charge in [0, 0.05) is 24.3 Å². The normalized spacial score (nSPS) is 22.0. The molecule has 2 aromatic carbocycles. The van der Waals surface area contributed by atoms with Crippen molar-refractivity contribution in [3.63, 3.8) is 0 Å². The molecule has 42 heavy (non-hydrogen) atoms. The van der Waals surface area contributed by atoms with E-state index in [9.17, 15) is 4.79 Å². The van der Waals surface area contributed by atoms with Crippen molar-refractivity contribution in [2.75, 3.05) is 31.9 Å². The van der Waals surface area contributed by atoms with E-state index in [2.05, 4.69) is 75.6 Å². The van der Waals surface area contributed by atoms with Crippen molar-refractivity contribution >= 4 is 11.7 Å². The number of aryl methyl sites for hydroxylation is 1. The molecule has 3 aliphatic rings. The fraction of sp³-hybridized carbons (Fsp3) is 0.486. The first-order chi connectivity index (χ1) is 20.5. The fourth-order valence-corrected chi connectivity index (χ4v) is 6.97. The summed E-state index contributed by atoms with van der Waals surface area (Å²) in [6, 6.07) is 19.6. The highest BCUT2D eigenvalue weighted by Gasteiger charge is 2.30. The van der Waals surface area contributed by atoms with Crippen LogP contribution in [0.4, 0.5) is 5.82 Å². The summed E-state index contributed by atoms with van der Waals surface area (Å²) in [5.41, 5.74) is 12.2. The standard InChI is InChI=1S/C35H45N5O2/c1-25-6-4-7-27(20-25)24-42-33-9-5-8-32(33)38-35(41)31-21-29(22-37-34(31)36)28-12-10-26(11-13-28)23-39-18-14-30(15-19-39)40-16-2-3-17-40/h4,6-7,10-13,20-22,30,32-33H,2-3,5,8-9,14-19,23-24H2,1H3,(H2,36,37)(H,38,41)/t32-,33-/m0/s1. The summed E-state index contributed by atoms with van der Waals surface area (Å²) < 4.78 is 6.24. The second kappa shape index (κ2) is 13.4. The van der Waals surface area contributed by atoms with Gasteiger partial charge in [0.25, 0.3) is 5.91 Å². The van der Waals surface area contributed by atoms with E-state index in [1.54, 1.807) is 6.20 Å². The summed E-state index contributed by atoms with van der Waals surface area (Å²) in [6.45, 7) is 8.53. The van der Waals surface area contributed by atoms with E-state index in [1.807, 2.05) is 6.07 Å². The lowest BCUT2D eigenvalue weighted by atomic mass is 10.0. The maximum atomic E-state index is 13.4. The summed E-state index contributed by atoms with van der Waals surface area (Å²) in [5.74, 6) is 0.0623. The number of ether oxygens (including phenoxy) is 1. The summed E-state index contributed by atoms with van der Waals surface area (Å²) >= 11 is 0. The van der Waals surface area contributed by atoms with Crippen LogP contribution in [0.25, 0.3) is 11.1 Å². The number of pyridine rings is 1. The van der Waals surface area contributed by atoms with Crippen LogP contribution in [-0.2, 0) is 17.9 Å². The van der Waals surface area contributed by atoms with Gasteiger partial charge in [-0.15, -0.1) is 0 Å². The molecule has 0 bridgehead atoms. The monoisotopic (exact) mass is 567 g/mol. The largest absolute Gasteiger partial charge is 0.383 e. The summed E-state index contributed by atoms with van der Waals surface area (Å²) in [4.78, 5) is 23.0. The third kappa shape index (κ3) is 7.02. The van der Waals surface area contributed by atoms with Crippen molar-refractivity contribution < 1.29 is 9.53 Å². The molecule has 1 saturated carbocycles. The van der Waals surface area contributed by atoms with Gasteiger partial charge in [0.05, 0.1) is 24.3 Å². The zero-order valence-electron chi connectivity index (χ0n) is 24.9. The minimum absolute atomic E-state index is 0.00891. The maximum absolute atomic E-state index is 13.4. The van der Waals surface area contributed by atoms with Gasteiger partial charge in [-0.3, -0.25) is 9.69 Å². The third-order valence-corrected chi connectivity index (χ3v) is 9.39. The zero-order chi connectivity index (χ0) is 28.9. The number of carbonyl (C=O) groups is 1. The second-order valence-electron chi connectivity index (χ2n) is 12.5. The highest BCUT2D eigenvalue weighted by molar-refractivity contribution is 5.99. The van der Waals surface area contributed by atoms with Gasteiger partial charge in [-0.05, 0) is 101 Å². The average Bonchev–Trinajstić information content (AvgIpc) is 3.70. The molecular formula is C35H45N5O2. The van der Waals surface area contributed by atoms with Crippen molar-refractivity contribution in [1.29, 1.82) is 0 Å². The first-order valence-corrected chi connectivity index (χ1v) is 15.8. The Balaban J connectivity index is 1.04. The molecule has 0 radical (unpaired) electrons. The van der Waals surface area contributed by atoms with E-state index >= 15 is 0 Å². The van der Waals surface area contributed by atoms with E-state index in [1.165, 1.54) is 63.0 Å². The van der Waals surface area contributed by atoms with Gasteiger partial charge in [-0.2, -0.15) is 0 Å². The van der Waals surface area contributed by atoms with Gasteiger partial charge in [0.1, 0.15) is 5.82 Å². The Morgan fingerprint density at radius 2 is 1.71 bits per heavy atom. The van der Waals surface area contributed by atoms with Crippen LogP contribution in [-0.4, -0.2) is 65.1 Å². The lowest BCUT2D eigenvalue weighted by molar-refractivity contribution is 0.0272. The number of nitrogen functional groups attached to an aromatic ring is 1. The predicted octanol–water partition coefficient (Wildman–Crippen LogP) is 5.57. The summed E-state index contributed by atoms with van der Waals surface area (Å²) in [6.07, 6.45) is 9.90. The van der Waals surface area contributed by atoms with Crippen LogP contribution in [0.2, 0.25) is 0 Å². The molecule has 1 amide bonds. The van der Waals surface area contributed by atoms with Crippen LogP contribution in [0.3, 0.4) is 0 Å². The van der Waals surface area contributed by atoms with Crippen LogP contribution in [0.5, 0.6) is 0 Å². The molecule has 1 aliphatic carbocycles. The highest BCUT2D eigenvalue weighted by atomic mass is 16.5. The minimum atomic E-state index is -0.188. The number of hydrogen-bond acceptors (Lipinski definition) is 6. The van der Waals surface area contributed by atoms with Crippen molar-refractivity contribution in [3.8, 4) is 11.1 Å². The number of anilines is 1. The molecule has 0 unspecified atom stereocenters. The molecule has 222 valence electrons. The number of rotatable bonds is 9. The molecule has 7 nitrogen and oxygen atoms in total. The molecule has 3 heterocycles. The first kappa shape index (κ1) is 28.8. The van der Waals surface area contributed by atoms with Gasteiger partial charge in [0.2, 0.25) is 0 Å². The summed E-state index contributed by atoms with van der Waals surface area (Å²) in [7, 11) is 0. The molecule has 3 N–H and O–H groups in total. The molecule has 3 aromatic rings. The topological polar surface area (TPSA) is 83.7 Å². The Labute approximate surface area is 250 Å². The minimum Gasteiger partial charge on any atom is -0.383 e. The Bertz CT molecular complexity index is 1350. The molecular weight excluding hydrogens is 522 g/mol. The van der Waals surface area contributed by atoms with E-state index in [-0.39, 0.29) is 23.9 Å². The van der Waals surface area contributed by atoms with Crippen LogP contribution in [0.1, 0.15) is 72.0 Å². The van der Waals surface area contributed by atoms with E-state index in [0.717, 1.165) is 48.5 Å². The number of aromatic nitrogens is 1. The van der Waals surface area contributed by atoms with E-state index in [4.69, 9.17) is 10.5 Å². The number of carbonyl (C=O) groups excluding carboxylic acids is 1. The Morgan fingerprint density at radius 1 is 0.929 bits per heavy atom. The van der Waals surface area contributed by atoms with Gasteiger partial charge in [-0.25, -0.2) is 4.98 Å². The van der Waals surface area contributed by atoms with Gasteiger partial charge in [0.15, 0.2) is 0 Å². The number of nitrogens with zero attached hydrogens (tertiary/aromatic N) is 3. The Morgan fingerprint density at radius 3 is 2.48 bits per heavy atom. The number of amides is 1. The first-order valence-electron chi connectivity index (χ1n) is 15.8. The lowest BCUT2D eigenvalue weighted by Gasteiger charge is -2.36.